The molecule has 2 heterocycles. The minimum absolute atomic E-state index is 0.0621. The van der Waals surface area contributed by atoms with Crippen LogP contribution in [-0.2, 0) is 11.3 Å². The van der Waals surface area contributed by atoms with E-state index < -0.39 is 0 Å². The largest absolute Gasteiger partial charge is 0.490 e. The Bertz CT molecular complexity index is 792. The quantitative estimate of drug-likeness (QED) is 0.775. The lowest BCUT2D eigenvalue weighted by molar-refractivity contribution is -0.130. The van der Waals surface area contributed by atoms with Gasteiger partial charge in [0.15, 0.2) is 0 Å². The van der Waals surface area contributed by atoms with Gasteiger partial charge in [-0.05, 0) is 36.1 Å². The lowest BCUT2D eigenvalue weighted by Gasteiger charge is -2.32. The van der Waals surface area contributed by atoms with Gasteiger partial charge in [-0.15, -0.1) is 0 Å². The molecule has 0 atom stereocenters. The summed E-state index contributed by atoms with van der Waals surface area (Å²) >= 11 is 1.55. The van der Waals surface area contributed by atoms with Gasteiger partial charge in [0.25, 0.3) is 5.91 Å². The number of ether oxygens (including phenoxy) is 1. The fourth-order valence-electron chi connectivity index (χ4n) is 3.13. The van der Waals surface area contributed by atoms with Crippen LogP contribution >= 0.6 is 11.8 Å². The first-order chi connectivity index (χ1) is 13.7. The van der Waals surface area contributed by atoms with Crippen LogP contribution in [-0.4, -0.2) is 52.9 Å². The summed E-state index contributed by atoms with van der Waals surface area (Å²) in [6.07, 6.45) is 7.04. The monoisotopic (exact) mass is 399 g/mol. The number of carbonyl (C=O) groups excluding carboxylic acids is 2. The Labute approximate surface area is 169 Å². The van der Waals surface area contributed by atoms with Gasteiger partial charge >= 0.3 is 0 Å². The molecule has 0 aliphatic carbocycles. The highest BCUT2D eigenvalue weighted by Crippen LogP contribution is 2.21. The molecule has 1 aliphatic heterocycles. The smallest absolute Gasteiger partial charge is 0.251 e. The van der Waals surface area contributed by atoms with Crippen molar-refractivity contribution in [2.45, 2.75) is 25.5 Å². The van der Waals surface area contributed by atoms with Gasteiger partial charge in [0.1, 0.15) is 11.9 Å². The van der Waals surface area contributed by atoms with E-state index in [1.165, 1.54) is 0 Å². The van der Waals surface area contributed by atoms with Gasteiger partial charge in [0.2, 0.25) is 5.91 Å². The molecule has 1 aliphatic rings. The number of amides is 2. The van der Waals surface area contributed by atoms with E-state index in [9.17, 15) is 9.59 Å². The normalized spacial score (nSPS) is 14.5. The zero-order chi connectivity index (χ0) is 19.8. The zero-order valence-corrected chi connectivity index (χ0v) is 16.8. The Morgan fingerprint density at radius 2 is 2.07 bits per heavy atom. The maximum absolute atomic E-state index is 12.4. The van der Waals surface area contributed by atoms with E-state index >= 15 is 0 Å². The first-order valence-electron chi connectivity index (χ1n) is 9.36. The summed E-state index contributed by atoms with van der Waals surface area (Å²) in [5.74, 6) is 1.26. The lowest BCUT2D eigenvalue weighted by atomic mass is 10.1. The Morgan fingerprint density at radius 3 is 2.79 bits per heavy atom. The van der Waals surface area contributed by atoms with Gasteiger partial charge in [0.05, 0.1) is 5.75 Å². The van der Waals surface area contributed by atoms with Crippen molar-refractivity contribution in [3.8, 4) is 5.75 Å². The van der Waals surface area contributed by atoms with Crippen LogP contribution in [0.5, 0.6) is 5.75 Å². The van der Waals surface area contributed by atoms with E-state index in [4.69, 9.17) is 4.74 Å². The van der Waals surface area contributed by atoms with Crippen LogP contribution in [0.15, 0.2) is 48.8 Å². The molecular formula is C21H25N3O3S. The van der Waals surface area contributed by atoms with Crippen molar-refractivity contribution in [3.63, 3.8) is 0 Å². The third-order valence-corrected chi connectivity index (χ3v) is 5.17. The number of carbonyl (C=O) groups is 2. The van der Waals surface area contributed by atoms with E-state index in [1.54, 1.807) is 36.3 Å². The molecule has 1 saturated heterocycles. The number of nitrogens with zero attached hydrogens (tertiary/aromatic N) is 2. The summed E-state index contributed by atoms with van der Waals surface area (Å²) in [4.78, 5) is 30.3. The first kappa shape index (κ1) is 20.2. The molecule has 2 aromatic rings. The molecule has 28 heavy (non-hydrogen) atoms. The summed E-state index contributed by atoms with van der Waals surface area (Å²) in [6.45, 7) is 1.87. The number of hydrogen-bond acceptors (Lipinski definition) is 5. The maximum atomic E-state index is 12.4. The minimum atomic E-state index is -0.146. The zero-order valence-electron chi connectivity index (χ0n) is 16.0. The topological polar surface area (TPSA) is 71.5 Å². The molecule has 2 amide bonds. The van der Waals surface area contributed by atoms with Crippen LogP contribution in [0.25, 0.3) is 0 Å². The molecule has 6 nitrogen and oxygen atoms in total. The predicted octanol–water partition coefficient (Wildman–Crippen LogP) is 2.74. The van der Waals surface area contributed by atoms with Crippen molar-refractivity contribution in [2.24, 2.45) is 0 Å². The van der Waals surface area contributed by atoms with E-state index in [0.29, 0.717) is 23.6 Å². The van der Waals surface area contributed by atoms with Gasteiger partial charge in [-0.2, -0.15) is 11.8 Å². The van der Waals surface area contributed by atoms with Gasteiger partial charge in [-0.1, -0.05) is 12.1 Å². The van der Waals surface area contributed by atoms with Crippen molar-refractivity contribution < 1.29 is 14.3 Å². The highest BCUT2D eigenvalue weighted by atomic mass is 32.2. The van der Waals surface area contributed by atoms with Gasteiger partial charge < -0.3 is 15.0 Å². The SMILES string of the molecule is CSCC(=O)N1CCC(Oc2cccc(C(=O)NCc3cccnc3)c2)CC1. The molecular weight excluding hydrogens is 374 g/mol. The maximum Gasteiger partial charge on any atom is 0.251 e. The highest BCUT2D eigenvalue weighted by Gasteiger charge is 2.23. The van der Waals surface area contributed by atoms with Gasteiger partial charge in [0, 0.05) is 50.4 Å². The van der Waals surface area contributed by atoms with Crippen LogP contribution in [0.2, 0.25) is 0 Å². The minimum Gasteiger partial charge on any atom is -0.490 e. The number of aromatic nitrogens is 1. The second-order valence-electron chi connectivity index (χ2n) is 6.70. The Kier molecular flexibility index (Phi) is 7.31. The molecule has 0 unspecified atom stereocenters. The standard InChI is InChI=1S/C21H25N3O3S/c1-28-15-20(25)24-10-7-18(8-11-24)27-19-6-2-5-17(12-19)21(26)23-14-16-4-3-9-22-13-16/h2-6,9,12-13,18H,7-8,10-11,14-15H2,1H3,(H,23,26). The third-order valence-electron chi connectivity index (χ3n) is 4.64. The summed E-state index contributed by atoms with van der Waals surface area (Å²) in [6, 6.07) is 11.0. The number of rotatable bonds is 7. The average molecular weight is 400 g/mol. The average Bonchev–Trinajstić information content (AvgIpc) is 2.73. The van der Waals surface area contributed by atoms with Crippen LogP contribution in [0.4, 0.5) is 0 Å². The van der Waals surface area contributed by atoms with E-state index in [-0.39, 0.29) is 17.9 Å². The van der Waals surface area contributed by atoms with Crippen molar-refractivity contribution >= 4 is 23.6 Å². The molecule has 1 fully saturated rings. The number of pyridine rings is 1. The number of benzene rings is 1. The van der Waals surface area contributed by atoms with Crippen molar-refractivity contribution in [1.29, 1.82) is 0 Å². The molecule has 1 aromatic heterocycles. The third kappa shape index (κ3) is 5.73. The summed E-state index contributed by atoms with van der Waals surface area (Å²) in [7, 11) is 0. The highest BCUT2D eigenvalue weighted by molar-refractivity contribution is 7.99. The molecule has 1 aromatic carbocycles. The van der Waals surface area contributed by atoms with Crippen LogP contribution in [0.3, 0.4) is 0 Å². The first-order valence-corrected chi connectivity index (χ1v) is 10.8. The Balaban J connectivity index is 1.51. The lowest BCUT2D eigenvalue weighted by Crippen LogP contribution is -2.42. The van der Waals surface area contributed by atoms with Gasteiger partial charge in [-0.3, -0.25) is 14.6 Å². The second-order valence-corrected chi connectivity index (χ2v) is 7.57. The summed E-state index contributed by atoms with van der Waals surface area (Å²) in [5, 5.41) is 2.90. The molecule has 0 radical (unpaired) electrons. The van der Waals surface area contributed by atoms with E-state index in [2.05, 4.69) is 10.3 Å². The summed E-state index contributed by atoms with van der Waals surface area (Å²) < 4.78 is 6.06. The Morgan fingerprint density at radius 1 is 1.25 bits per heavy atom. The van der Waals surface area contributed by atoms with E-state index in [0.717, 1.165) is 31.5 Å². The number of likely N-dealkylation sites (tertiary alicyclic amines) is 1. The number of thioether (sulfide) groups is 1. The molecule has 0 spiro atoms. The fraction of sp³-hybridized carbons (Fsp3) is 0.381. The van der Waals surface area contributed by atoms with Crippen molar-refractivity contribution in [2.75, 3.05) is 25.1 Å². The molecule has 7 heteroatoms. The summed E-state index contributed by atoms with van der Waals surface area (Å²) in [5.41, 5.74) is 1.51. The molecule has 148 valence electrons. The van der Waals surface area contributed by atoms with Crippen LogP contribution in [0.1, 0.15) is 28.8 Å². The van der Waals surface area contributed by atoms with E-state index in [1.807, 2.05) is 35.4 Å². The molecule has 3 rings (SSSR count). The molecule has 1 N–H and O–H groups in total. The van der Waals surface area contributed by atoms with Crippen LogP contribution < -0.4 is 10.1 Å². The second kappa shape index (κ2) is 10.1. The molecule has 0 bridgehead atoms. The number of piperidine rings is 1. The van der Waals surface area contributed by atoms with Crippen molar-refractivity contribution in [3.05, 3.63) is 59.9 Å². The Hall–Kier alpha value is -2.54. The van der Waals surface area contributed by atoms with Crippen molar-refractivity contribution in [1.82, 2.24) is 15.2 Å². The van der Waals surface area contributed by atoms with Crippen LogP contribution in [0, 0.1) is 0 Å². The number of hydrogen-bond donors (Lipinski definition) is 1. The predicted molar refractivity (Wildman–Crippen MR) is 110 cm³/mol. The fourth-order valence-corrected chi connectivity index (χ4v) is 3.56. The molecule has 0 saturated carbocycles. The number of nitrogens with one attached hydrogen (secondary N) is 1. The van der Waals surface area contributed by atoms with Gasteiger partial charge in [-0.25, -0.2) is 0 Å².